The van der Waals surface area contributed by atoms with Gasteiger partial charge in [0.2, 0.25) is 0 Å². The predicted molar refractivity (Wildman–Crippen MR) is 97.5 cm³/mol. The Morgan fingerprint density at radius 3 is 2.26 bits per heavy atom. The average molecular weight is 400 g/mol. The molecule has 0 saturated carbocycles. The molecule has 0 atom stereocenters. The zero-order chi connectivity index (χ0) is 19.7. The van der Waals surface area contributed by atoms with E-state index in [1.54, 1.807) is 12.1 Å². The lowest BCUT2D eigenvalue weighted by atomic mass is 10.2. The van der Waals surface area contributed by atoms with Crippen LogP contribution in [0.2, 0.25) is 0 Å². The maximum absolute atomic E-state index is 12.8. The zero-order valence-electron chi connectivity index (χ0n) is 14.8. The summed E-state index contributed by atoms with van der Waals surface area (Å²) in [6, 6.07) is 10.5. The summed E-state index contributed by atoms with van der Waals surface area (Å²) in [6.07, 6.45) is -4.60. The first-order chi connectivity index (χ1) is 12.6. The number of hydrogen-bond acceptors (Lipinski definition) is 3. The van der Waals surface area contributed by atoms with Crippen LogP contribution in [0.5, 0.6) is 0 Å². The molecule has 2 N–H and O–H groups in total. The van der Waals surface area contributed by atoms with Crippen molar-refractivity contribution in [2.45, 2.75) is 11.1 Å². The van der Waals surface area contributed by atoms with Crippen molar-refractivity contribution in [1.29, 1.82) is 0 Å². The molecule has 0 spiro atoms. The van der Waals surface area contributed by atoms with Crippen molar-refractivity contribution >= 4 is 21.4 Å². The highest BCUT2D eigenvalue weighted by Gasteiger charge is 2.31. The van der Waals surface area contributed by atoms with Crippen molar-refractivity contribution in [1.82, 2.24) is 0 Å². The first-order valence-electron chi connectivity index (χ1n) is 8.51. The monoisotopic (exact) mass is 400 g/mol. The van der Waals surface area contributed by atoms with E-state index in [9.17, 15) is 21.6 Å². The fraction of sp³-hybridized carbons (Fsp3) is 0.333. The number of nitrogens with zero attached hydrogens (tertiary/aromatic N) is 1. The van der Waals surface area contributed by atoms with Crippen molar-refractivity contribution < 1.29 is 26.5 Å². The Balaban J connectivity index is 1.74. The summed E-state index contributed by atoms with van der Waals surface area (Å²) in [5.41, 5.74) is 0.290. The first-order valence-corrected chi connectivity index (χ1v) is 10.00. The van der Waals surface area contributed by atoms with Gasteiger partial charge in [-0.15, -0.1) is 0 Å². The van der Waals surface area contributed by atoms with Crippen LogP contribution >= 0.6 is 0 Å². The summed E-state index contributed by atoms with van der Waals surface area (Å²) in [7, 11) is -1.97. The fourth-order valence-electron chi connectivity index (χ4n) is 2.94. The van der Waals surface area contributed by atoms with E-state index >= 15 is 0 Å². The third-order valence-electron chi connectivity index (χ3n) is 4.57. The molecule has 3 rings (SSSR count). The van der Waals surface area contributed by atoms with Crippen LogP contribution in [-0.2, 0) is 16.2 Å². The molecule has 2 aromatic carbocycles. The summed E-state index contributed by atoms with van der Waals surface area (Å²) in [6.45, 7) is 3.90. The molecule has 1 fully saturated rings. The van der Waals surface area contributed by atoms with Gasteiger partial charge in [-0.25, -0.2) is 8.42 Å². The van der Waals surface area contributed by atoms with Crippen molar-refractivity contribution in [2.75, 3.05) is 42.8 Å². The molecule has 0 aromatic heterocycles. The number of likely N-dealkylation sites (N-methyl/N-ethyl adjacent to an activating group) is 1. The van der Waals surface area contributed by atoms with Crippen LogP contribution in [0.15, 0.2) is 53.4 Å². The van der Waals surface area contributed by atoms with Crippen LogP contribution in [0, 0.1) is 0 Å². The van der Waals surface area contributed by atoms with Crippen LogP contribution in [-0.4, -0.2) is 41.6 Å². The van der Waals surface area contributed by atoms with Crippen LogP contribution in [0.1, 0.15) is 5.56 Å². The normalized spacial score (nSPS) is 16.4. The lowest BCUT2D eigenvalue weighted by Crippen LogP contribution is -3.12. The second-order valence-corrected chi connectivity index (χ2v) is 8.30. The van der Waals surface area contributed by atoms with Crippen LogP contribution < -0.4 is 14.5 Å². The highest BCUT2D eigenvalue weighted by molar-refractivity contribution is 7.92. The molecule has 1 saturated heterocycles. The maximum atomic E-state index is 12.8. The molecule has 5 nitrogen and oxygen atoms in total. The second kappa shape index (κ2) is 7.40. The highest BCUT2D eigenvalue weighted by Crippen LogP contribution is 2.31. The molecule has 9 heteroatoms. The van der Waals surface area contributed by atoms with Gasteiger partial charge in [0.1, 0.15) is 0 Å². The Morgan fingerprint density at radius 1 is 1.04 bits per heavy atom. The number of halogens is 3. The third-order valence-corrected chi connectivity index (χ3v) is 5.95. The summed E-state index contributed by atoms with van der Waals surface area (Å²) in [5.74, 6) is 0. The molecule has 0 unspecified atom stereocenters. The number of nitrogens with one attached hydrogen (secondary N) is 2. The number of sulfonamides is 1. The van der Waals surface area contributed by atoms with Gasteiger partial charge >= 0.3 is 6.18 Å². The number of piperazine rings is 1. The quantitative estimate of drug-likeness (QED) is 0.824. The fourth-order valence-corrected chi connectivity index (χ4v) is 4.04. The molecule has 1 aliphatic heterocycles. The van der Waals surface area contributed by atoms with Gasteiger partial charge in [0.15, 0.2) is 0 Å². The second-order valence-electron chi connectivity index (χ2n) is 6.62. The summed E-state index contributed by atoms with van der Waals surface area (Å²) >= 11 is 0. The number of hydrogen-bond donors (Lipinski definition) is 2. The van der Waals surface area contributed by atoms with Crippen molar-refractivity contribution in [3.8, 4) is 0 Å². The van der Waals surface area contributed by atoms with Gasteiger partial charge in [-0.3, -0.25) is 4.72 Å². The minimum absolute atomic E-state index is 0.302. The number of alkyl halides is 3. The average Bonchev–Trinajstić information content (AvgIpc) is 2.62. The van der Waals surface area contributed by atoms with E-state index in [0.717, 1.165) is 50.1 Å². The zero-order valence-corrected chi connectivity index (χ0v) is 15.6. The van der Waals surface area contributed by atoms with E-state index in [2.05, 4.69) is 16.7 Å². The summed E-state index contributed by atoms with van der Waals surface area (Å²) < 4.78 is 65.6. The number of benzene rings is 2. The molecular weight excluding hydrogens is 379 g/mol. The molecule has 0 bridgehead atoms. The van der Waals surface area contributed by atoms with Gasteiger partial charge in [-0.2, -0.15) is 13.2 Å². The Bertz CT molecular complexity index is 891. The van der Waals surface area contributed by atoms with Gasteiger partial charge in [-0.1, -0.05) is 6.07 Å². The van der Waals surface area contributed by atoms with Crippen LogP contribution in [0.25, 0.3) is 0 Å². The minimum atomic E-state index is -4.60. The first kappa shape index (κ1) is 19.5. The van der Waals surface area contributed by atoms with Gasteiger partial charge in [0.25, 0.3) is 10.0 Å². The van der Waals surface area contributed by atoms with Gasteiger partial charge in [0, 0.05) is 11.4 Å². The molecule has 146 valence electrons. The Labute approximate surface area is 156 Å². The Morgan fingerprint density at radius 2 is 1.67 bits per heavy atom. The molecule has 1 aliphatic rings. The molecule has 2 aromatic rings. The van der Waals surface area contributed by atoms with Gasteiger partial charge < -0.3 is 9.80 Å². The van der Waals surface area contributed by atoms with Gasteiger partial charge in [0.05, 0.1) is 43.7 Å². The number of anilines is 2. The summed E-state index contributed by atoms with van der Waals surface area (Å²) in [5, 5.41) is 0. The predicted octanol–water partition coefficient (Wildman–Crippen LogP) is 1.84. The van der Waals surface area contributed by atoms with Gasteiger partial charge in [-0.05, 0) is 42.5 Å². The lowest BCUT2D eigenvalue weighted by molar-refractivity contribution is -0.880. The van der Waals surface area contributed by atoms with E-state index in [1.807, 2.05) is 12.1 Å². The van der Waals surface area contributed by atoms with Crippen molar-refractivity contribution in [3.63, 3.8) is 0 Å². The highest BCUT2D eigenvalue weighted by atomic mass is 32.2. The third kappa shape index (κ3) is 4.72. The topological polar surface area (TPSA) is 53.9 Å². The molecule has 27 heavy (non-hydrogen) atoms. The molecule has 0 amide bonds. The maximum Gasteiger partial charge on any atom is 0.416 e. The van der Waals surface area contributed by atoms with Crippen LogP contribution in [0.4, 0.5) is 24.5 Å². The molecule has 0 radical (unpaired) electrons. The standard InChI is InChI=1S/C18H20F3N3O2S/c1-23-9-11-24(12-10-23)16-7-5-15(6-8-16)22-27(25,26)17-4-2-3-14(13-17)18(19,20)21/h2-8,13,22H,9-12H2,1H3/p+1. The number of quaternary nitrogens is 1. The lowest BCUT2D eigenvalue weighted by Gasteiger charge is -2.31. The van der Waals surface area contributed by atoms with E-state index in [0.29, 0.717) is 11.8 Å². The smallest absolute Gasteiger partial charge is 0.360 e. The molecular formula is C18H21F3N3O2S+. The van der Waals surface area contributed by atoms with Crippen LogP contribution in [0.3, 0.4) is 0 Å². The van der Waals surface area contributed by atoms with Crippen molar-refractivity contribution in [2.24, 2.45) is 0 Å². The van der Waals surface area contributed by atoms with E-state index in [4.69, 9.17) is 0 Å². The van der Waals surface area contributed by atoms with E-state index < -0.39 is 26.7 Å². The SMILES string of the molecule is C[NH+]1CCN(c2ccc(NS(=O)(=O)c3cccc(C(F)(F)F)c3)cc2)CC1. The van der Waals surface area contributed by atoms with E-state index in [1.165, 1.54) is 4.90 Å². The summed E-state index contributed by atoms with van der Waals surface area (Å²) in [4.78, 5) is 3.26. The largest absolute Gasteiger partial charge is 0.416 e. The van der Waals surface area contributed by atoms with Crippen molar-refractivity contribution in [3.05, 3.63) is 54.1 Å². The van der Waals surface area contributed by atoms with E-state index in [-0.39, 0.29) is 0 Å². The Hall–Kier alpha value is -2.26. The Kier molecular flexibility index (Phi) is 5.34. The number of rotatable bonds is 4. The molecule has 1 heterocycles. The molecule has 0 aliphatic carbocycles. The minimum Gasteiger partial charge on any atom is -0.360 e.